The standard InChI is InChI=1S/C19H22N2O2S/c1-21(19(23)17-8-5-11-24-17)13-18(22)20-16(15-9-10-15)12-14-6-3-2-4-7-14/h2-8,11,15-16H,9-10,12-13H2,1H3,(H,20,22)/t16-/m1/s1. The van der Waals surface area contributed by atoms with E-state index in [-0.39, 0.29) is 24.4 Å². The molecule has 0 radical (unpaired) electrons. The average molecular weight is 342 g/mol. The molecule has 0 bridgehead atoms. The van der Waals surface area contributed by atoms with Crippen LogP contribution in [-0.4, -0.2) is 36.3 Å². The van der Waals surface area contributed by atoms with E-state index in [9.17, 15) is 9.59 Å². The number of carbonyl (C=O) groups excluding carboxylic acids is 2. The van der Waals surface area contributed by atoms with Crippen molar-refractivity contribution in [2.24, 2.45) is 5.92 Å². The molecule has 126 valence electrons. The molecule has 3 rings (SSSR count). The van der Waals surface area contributed by atoms with Gasteiger partial charge in [-0.3, -0.25) is 9.59 Å². The van der Waals surface area contributed by atoms with Gasteiger partial charge in [0.25, 0.3) is 5.91 Å². The van der Waals surface area contributed by atoms with Gasteiger partial charge in [-0.25, -0.2) is 0 Å². The van der Waals surface area contributed by atoms with Crippen LogP contribution in [0.1, 0.15) is 28.1 Å². The molecule has 1 aliphatic rings. The average Bonchev–Trinajstić information content (AvgIpc) is 3.29. The lowest BCUT2D eigenvalue weighted by atomic mass is 10.0. The number of carbonyl (C=O) groups is 2. The summed E-state index contributed by atoms with van der Waals surface area (Å²) in [5.41, 5.74) is 1.23. The van der Waals surface area contributed by atoms with E-state index < -0.39 is 0 Å². The molecule has 1 saturated carbocycles. The summed E-state index contributed by atoms with van der Waals surface area (Å²) >= 11 is 1.39. The van der Waals surface area contributed by atoms with Crippen molar-refractivity contribution in [2.45, 2.75) is 25.3 Å². The monoisotopic (exact) mass is 342 g/mol. The first-order chi connectivity index (χ1) is 11.6. The van der Waals surface area contributed by atoms with Crippen LogP contribution in [0.2, 0.25) is 0 Å². The summed E-state index contributed by atoms with van der Waals surface area (Å²) in [5, 5.41) is 4.99. The zero-order chi connectivity index (χ0) is 16.9. The largest absolute Gasteiger partial charge is 0.351 e. The maximum Gasteiger partial charge on any atom is 0.264 e. The van der Waals surface area contributed by atoms with Crippen molar-refractivity contribution < 1.29 is 9.59 Å². The zero-order valence-corrected chi connectivity index (χ0v) is 14.6. The van der Waals surface area contributed by atoms with Crippen LogP contribution in [0.3, 0.4) is 0 Å². The lowest BCUT2D eigenvalue weighted by Crippen LogP contribution is -2.44. The smallest absolute Gasteiger partial charge is 0.264 e. The summed E-state index contributed by atoms with van der Waals surface area (Å²) in [7, 11) is 1.67. The Morgan fingerprint density at radius 2 is 1.96 bits per heavy atom. The van der Waals surface area contributed by atoms with Crippen molar-refractivity contribution in [1.29, 1.82) is 0 Å². The van der Waals surface area contributed by atoms with Gasteiger partial charge in [-0.1, -0.05) is 36.4 Å². The molecule has 1 atom stereocenters. The summed E-state index contributed by atoms with van der Waals surface area (Å²) in [6.07, 6.45) is 3.18. The van der Waals surface area contributed by atoms with E-state index in [4.69, 9.17) is 0 Å². The Balaban J connectivity index is 1.55. The highest BCUT2D eigenvalue weighted by atomic mass is 32.1. The molecule has 1 aliphatic carbocycles. The number of nitrogens with zero attached hydrogens (tertiary/aromatic N) is 1. The van der Waals surface area contributed by atoms with Gasteiger partial charge < -0.3 is 10.2 Å². The number of amides is 2. The van der Waals surface area contributed by atoms with Gasteiger partial charge in [0.05, 0.1) is 11.4 Å². The first-order valence-corrected chi connectivity index (χ1v) is 9.13. The fourth-order valence-corrected chi connectivity index (χ4v) is 3.55. The lowest BCUT2D eigenvalue weighted by molar-refractivity contribution is -0.122. The molecule has 1 N–H and O–H groups in total. The second kappa shape index (κ2) is 7.62. The van der Waals surface area contributed by atoms with Crippen LogP contribution in [0.25, 0.3) is 0 Å². The van der Waals surface area contributed by atoms with Crippen LogP contribution in [0.15, 0.2) is 47.8 Å². The van der Waals surface area contributed by atoms with Crippen LogP contribution >= 0.6 is 11.3 Å². The molecule has 1 fully saturated rings. The van der Waals surface area contributed by atoms with E-state index in [0.717, 1.165) is 6.42 Å². The fraction of sp³-hybridized carbons (Fsp3) is 0.368. The summed E-state index contributed by atoms with van der Waals surface area (Å²) in [6.45, 7) is 0.0920. The van der Waals surface area contributed by atoms with E-state index in [1.807, 2.05) is 29.6 Å². The van der Waals surface area contributed by atoms with Crippen molar-refractivity contribution in [3.05, 3.63) is 58.3 Å². The Bertz CT molecular complexity index is 681. The van der Waals surface area contributed by atoms with Crippen molar-refractivity contribution in [3.63, 3.8) is 0 Å². The predicted octanol–water partition coefficient (Wildman–Crippen LogP) is 2.96. The summed E-state index contributed by atoms with van der Waals surface area (Å²) in [5.74, 6) is 0.369. The van der Waals surface area contributed by atoms with Crippen molar-refractivity contribution in [1.82, 2.24) is 10.2 Å². The summed E-state index contributed by atoms with van der Waals surface area (Å²) in [6, 6.07) is 14.0. The van der Waals surface area contributed by atoms with Gasteiger partial charge in [0, 0.05) is 13.1 Å². The van der Waals surface area contributed by atoms with Gasteiger partial charge in [-0.15, -0.1) is 11.3 Å². The third-order valence-corrected chi connectivity index (χ3v) is 5.15. The molecule has 0 saturated heterocycles. The SMILES string of the molecule is CN(CC(=O)N[C@H](Cc1ccccc1)C1CC1)C(=O)c1cccs1. The third kappa shape index (κ3) is 4.45. The molecule has 2 aromatic rings. The van der Waals surface area contributed by atoms with E-state index in [1.54, 1.807) is 13.1 Å². The molecule has 0 aliphatic heterocycles. The number of hydrogen-bond donors (Lipinski definition) is 1. The number of nitrogens with one attached hydrogen (secondary N) is 1. The fourth-order valence-electron chi connectivity index (χ4n) is 2.83. The van der Waals surface area contributed by atoms with Gasteiger partial charge in [0.15, 0.2) is 0 Å². The Labute approximate surface area is 146 Å². The van der Waals surface area contributed by atoms with Gasteiger partial charge in [0.2, 0.25) is 5.91 Å². The molecule has 24 heavy (non-hydrogen) atoms. The Hall–Kier alpha value is -2.14. The predicted molar refractivity (Wildman–Crippen MR) is 96.1 cm³/mol. The van der Waals surface area contributed by atoms with E-state index >= 15 is 0 Å². The van der Waals surface area contributed by atoms with E-state index in [2.05, 4.69) is 17.4 Å². The van der Waals surface area contributed by atoms with Crippen LogP contribution in [0.4, 0.5) is 0 Å². The van der Waals surface area contributed by atoms with Gasteiger partial charge >= 0.3 is 0 Å². The highest BCUT2D eigenvalue weighted by Crippen LogP contribution is 2.34. The molecule has 1 aromatic carbocycles. The highest BCUT2D eigenvalue weighted by Gasteiger charge is 2.32. The van der Waals surface area contributed by atoms with Crippen molar-refractivity contribution >= 4 is 23.2 Å². The van der Waals surface area contributed by atoms with Crippen LogP contribution in [0.5, 0.6) is 0 Å². The second-order valence-electron chi connectivity index (χ2n) is 6.34. The molecule has 2 amide bonds. The zero-order valence-electron chi connectivity index (χ0n) is 13.8. The third-order valence-electron chi connectivity index (χ3n) is 4.30. The first-order valence-electron chi connectivity index (χ1n) is 8.26. The quantitative estimate of drug-likeness (QED) is 0.841. The number of thiophene rings is 1. The summed E-state index contributed by atoms with van der Waals surface area (Å²) in [4.78, 5) is 26.7. The Morgan fingerprint density at radius 3 is 2.58 bits per heavy atom. The lowest BCUT2D eigenvalue weighted by Gasteiger charge is -2.21. The first kappa shape index (κ1) is 16.7. The number of rotatable bonds is 7. The molecule has 5 heteroatoms. The Morgan fingerprint density at radius 1 is 1.21 bits per heavy atom. The minimum Gasteiger partial charge on any atom is -0.351 e. The Kier molecular flexibility index (Phi) is 5.30. The number of likely N-dealkylation sites (N-methyl/N-ethyl adjacent to an activating group) is 1. The van der Waals surface area contributed by atoms with Crippen molar-refractivity contribution in [3.8, 4) is 0 Å². The van der Waals surface area contributed by atoms with Crippen molar-refractivity contribution in [2.75, 3.05) is 13.6 Å². The van der Waals surface area contributed by atoms with Gasteiger partial charge in [-0.05, 0) is 42.2 Å². The van der Waals surface area contributed by atoms with Gasteiger partial charge in [0.1, 0.15) is 0 Å². The van der Waals surface area contributed by atoms with E-state index in [0.29, 0.717) is 10.8 Å². The van der Waals surface area contributed by atoms with Crippen LogP contribution in [-0.2, 0) is 11.2 Å². The minimum absolute atomic E-state index is 0.0877. The van der Waals surface area contributed by atoms with Crippen LogP contribution in [0, 0.1) is 5.92 Å². The summed E-state index contributed by atoms with van der Waals surface area (Å²) < 4.78 is 0. The number of hydrogen-bond acceptors (Lipinski definition) is 3. The molecule has 0 unspecified atom stereocenters. The topological polar surface area (TPSA) is 49.4 Å². The highest BCUT2D eigenvalue weighted by molar-refractivity contribution is 7.12. The second-order valence-corrected chi connectivity index (χ2v) is 7.29. The molecule has 0 spiro atoms. The minimum atomic E-state index is -0.105. The molecule has 4 nitrogen and oxygen atoms in total. The number of benzene rings is 1. The molecular weight excluding hydrogens is 320 g/mol. The molecule has 1 heterocycles. The van der Waals surface area contributed by atoms with Gasteiger partial charge in [-0.2, -0.15) is 0 Å². The maximum atomic E-state index is 12.4. The molecular formula is C19H22N2O2S. The normalized spacial score (nSPS) is 14.9. The molecule has 1 aromatic heterocycles. The van der Waals surface area contributed by atoms with E-state index in [1.165, 1.54) is 34.6 Å². The van der Waals surface area contributed by atoms with Crippen LogP contribution < -0.4 is 5.32 Å². The maximum absolute atomic E-state index is 12.4.